The van der Waals surface area contributed by atoms with E-state index in [1.165, 1.54) is 4.88 Å². The zero-order chi connectivity index (χ0) is 22.9. The van der Waals surface area contributed by atoms with E-state index in [1.54, 1.807) is 23.5 Å². The van der Waals surface area contributed by atoms with Crippen LogP contribution in [-0.4, -0.2) is 23.2 Å². The van der Waals surface area contributed by atoms with Crippen LogP contribution in [0.3, 0.4) is 0 Å². The van der Waals surface area contributed by atoms with Gasteiger partial charge in [-0.25, -0.2) is 4.98 Å². The first-order valence-corrected chi connectivity index (χ1v) is 12.4. The lowest BCUT2D eigenvalue weighted by Gasteiger charge is -2.13. The molecule has 0 aliphatic heterocycles. The number of H-pyrrole nitrogens is 1. The number of ether oxygens (including phenoxy) is 2. The molecule has 0 atom stereocenters. The van der Waals surface area contributed by atoms with Gasteiger partial charge in [-0.15, -0.1) is 11.3 Å². The summed E-state index contributed by atoms with van der Waals surface area (Å²) in [5.41, 5.74) is 2.74. The monoisotopic (exact) mass is 500 g/mol. The maximum atomic E-state index is 12.9. The summed E-state index contributed by atoms with van der Waals surface area (Å²) in [6.45, 7) is 2.63. The smallest absolute Gasteiger partial charge is 0.260 e. The van der Waals surface area contributed by atoms with Crippen LogP contribution in [0.4, 0.5) is 0 Å². The molecule has 1 aliphatic carbocycles. The van der Waals surface area contributed by atoms with Crippen LogP contribution in [0.5, 0.6) is 11.5 Å². The van der Waals surface area contributed by atoms with Crippen molar-refractivity contribution < 1.29 is 9.47 Å². The Balaban J connectivity index is 1.35. The molecule has 8 heteroatoms. The zero-order valence-electron chi connectivity index (χ0n) is 18.0. The van der Waals surface area contributed by atoms with Crippen molar-refractivity contribution in [1.82, 2.24) is 9.97 Å². The van der Waals surface area contributed by atoms with Crippen molar-refractivity contribution >= 4 is 44.8 Å². The Morgan fingerprint density at radius 2 is 1.79 bits per heavy atom. The standard InChI is InChI=1S/C25H22Cl2N2O3S/c1-14-6-2-4-8-19(14)31-10-11-32-22-17(26)12-15(13-18(22)27)23-28-24(30)21-16-7-3-5-9-20(16)33-25(21)29-23/h2,4,6,8,12-13H,3,5,7,9-11H2,1H3,(H,28,29,30). The molecule has 2 heterocycles. The first kappa shape index (κ1) is 22.3. The van der Waals surface area contributed by atoms with E-state index in [1.807, 2.05) is 31.2 Å². The lowest BCUT2D eigenvalue weighted by Crippen LogP contribution is -2.11. The number of para-hydroxylation sites is 1. The van der Waals surface area contributed by atoms with Crippen molar-refractivity contribution in [2.45, 2.75) is 32.6 Å². The predicted molar refractivity (Wildman–Crippen MR) is 135 cm³/mol. The lowest BCUT2D eigenvalue weighted by molar-refractivity contribution is 0.216. The molecule has 5 nitrogen and oxygen atoms in total. The number of hydrogen-bond acceptors (Lipinski definition) is 5. The summed E-state index contributed by atoms with van der Waals surface area (Å²) in [6.07, 6.45) is 4.23. The average molecular weight is 501 g/mol. The van der Waals surface area contributed by atoms with E-state index < -0.39 is 0 Å². The van der Waals surface area contributed by atoms with Crippen LogP contribution in [0.25, 0.3) is 21.6 Å². The minimum atomic E-state index is -0.115. The van der Waals surface area contributed by atoms with E-state index >= 15 is 0 Å². The van der Waals surface area contributed by atoms with Gasteiger partial charge in [0.05, 0.1) is 15.4 Å². The Morgan fingerprint density at radius 3 is 2.58 bits per heavy atom. The molecule has 0 radical (unpaired) electrons. The van der Waals surface area contributed by atoms with Crippen molar-refractivity contribution in [3.63, 3.8) is 0 Å². The minimum Gasteiger partial charge on any atom is -0.490 e. The zero-order valence-corrected chi connectivity index (χ0v) is 20.4. The average Bonchev–Trinajstić information content (AvgIpc) is 3.18. The second-order valence-corrected chi connectivity index (χ2v) is 9.94. The third-order valence-electron chi connectivity index (χ3n) is 5.78. The number of nitrogens with one attached hydrogen (secondary N) is 1. The van der Waals surface area contributed by atoms with Gasteiger partial charge in [0.1, 0.15) is 29.6 Å². The Morgan fingerprint density at radius 1 is 1.06 bits per heavy atom. The second-order valence-electron chi connectivity index (χ2n) is 8.04. The second kappa shape index (κ2) is 9.37. The Labute approximate surface area is 205 Å². The van der Waals surface area contributed by atoms with Crippen LogP contribution >= 0.6 is 34.5 Å². The number of nitrogens with zero attached hydrogens (tertiary/aromatic N) is 1. The van der Waals surface area contributed by atoms with E-state index in [0.717, 1.165) is 52.8 Å². The van der Waals surface area contributed by atoms with Gasteiger partial charge in [0.2, 0.25) is 0 Å². The molecule has 0 bridgehead atoms. The fraction of sp³-hybridized carbons (Fsp3) is 0.280. The summed E-state index contributed by atoms with van der Waals surface area (Å²) in [6, 6.07) is 11.2. The van der Waals surface area contributed by atoms with Gasteiger partial charge in [0, 0.05) is 10.4 Å². The highest BCUT2D eigenvalue weighted by Crippen LogP contribution is 2.38. The summed E-state index contributed by atoms with van der Waals surface area (Å²) in [5, 5.41) is 1.42. The van der Waals surface area contributed by atoms with E-state index in [0.29, 0.717) is 33.8 Å². The van der Waals surface area contributed by atoms with E-state index in [2.05, 4.69) is 4.98 Å². The molecule has 5 rings (SSSR count). The Bertz CT molecular complexity index is 1370. The molecule has 0 saturated carbocycles. The van der Waals surface area contributed by atoms with Crippen molar-refractivity contribution in [3.05, 3.63) is 72.8 Å². The number of aryl methyl sites for hydroxylation is 3. The maximum absolute atomic E-state index is 12.9. The summed E-state index contributed by atoms with van der Waals surface area (Å²) >= 11 is 14.6. The molecule has 1 aliphatic rings. The van der Waals surface area contributed by atoms with Crippen LogP contribution in [0.2, 0.25) is 10.0 Å². The molecule has 0 amide bonds. The van der Waals surface area contributed by atoms with Crippen LogP contribution in [-0.2, 0) is 12.8 Å². The Kier molecular flexibility index (Phi) is 6.32. The van der Waals surface area contributed by atoms with Crippen molar-refractivity contribution in [2.24, 2.45) is 0 Å². The van der Waals surface area contributed by atoms with Gasteiger partial charge >= 0.3 is 0 Å². The highest BCUT2D eigenvalue weighted by atomic mass is 35.5. The lowest BCUT2D eigenvalue weighted by atomic mass is 9.97. The van der Waals surface area contributed by atoms with Gasteiger partial charge in [0.15, 0.2) is 5.75 Å². The highest BCUT2D eigenvalue weighted by molar-refractivity contribution is 7.18. The van der Waals surface area contributed by atoms with Gasteiger partial charge in [0.25, 0.3) is 5.56 Å². The fourth-order valence-electron chi connectivity index (χ4n) is 4.15. The number of aromatic amines is 1. The third kappa shape index (κ3) is 4.47. The van der Waals surface area contributed by atoms with E-state index in [-0.39, 0.29) is 12.2 Å². The summed E-state index contributed by atoms with van der Waals surface area (Å²) in [7, 11) is 0. The normalized spacial score (nSPS) is 13.2. The fourth-order valence-corrected chi connectivity index (χ4v) is 6.01. The molecule has 4 aromatic rings. The Hall–Kier alpha value is -2.54. The van der Waals surface area contributed by atoms with E-state index in [9.17, 15) is 4.79 Å². The molecule has 170 valence electrons. The molecule has 33 heavy (non-hydrogen) atoms. The maximum Gasteiger partial charge on any atom is 0.260 e. The van der Waals surface area contributed by atoms with Crippen LogP contribution < -0.4 is 15.0 Å². The van der Waals surface area contributed by atoms with Crippen LogP contribution in [0.15, 0.2) is 41.2 Å². The largest absolute Gasteiger partial charge is 0.490 e. The van der Waals surface area contributed by atoms with E-state index in [4.69, 9.17) is 37.7 Å². The topological polar surface area (TPSA) is 64.2 Å². The summed E-state index contributed by atoms with van der Waals surface area (Å²) < 4.78 is 11.6. The molecule has 0 saturated heterocycles. The number of benzene rings is 2. The van der Waals surface area contributed by atoms with Crippen LogP contribution in [0.1, 0.15) is 28.8 Å². The number of halogens is 2. The molecule has 0 unspecified atom stereocenters. The number of hydrogen-bond donors (Lipinski definition) is 1. The predicted octanol–water partition coefficient (Wildman–Crippen LogP) is 6.60. The number of fused-ring (bicyclic) bond motifs is 3. The number of rotatable bonds is 6. The number of thiophene rings is 1. The molecule has 2 aromatic heterocycles. The SMILES string of the molecule is Cc1ccccc1OCCOc1c(Cl)cc(-c2nc3sc4c(c3c(=O)[nH]2)CCCC4)cc1Cl. The van der Waals surface area contributed by atoms with Crippen LogP contribution in [0, 0.1) is 6.92 Å². The summed E-state index contributed by atoms with van der Waals surface area (Å²) in [5.74, 6) is 1.64. The van der Waals surface area contributed by atoms with Gasteiger partial charge in [-0.1, -0.05) is 41.4 Å². The molecule has 0 spiro atoms. The number of aromatic nitrogens is 2. The third-order valence-corrected chi connectivity index (χ3v) is 7.52. The van der Waals surface area contributed by atoms with Gasteiger partial charge in [-0.2, -0.15) is 0 Å². The first-order valence-electron chi connectivity index (χ1n) is 10.9. The van der Waals surface area contributed by atoms with Crippen molar-refractivity contribution in [1.29, 1.82) is 0 Å². The van der Waals surface area contributed by atoms with Gasteiger partial charge in [-0.3, -0.25) is 4.79 Å². The first-order chi connectivity index (χ1) is 16.0. The van der Waals surface area contributed by atoms with Gasteiger partial charge in [-0.05, 0) is 61.9 Å². The molecular weight excluding hydrogens is 479 g/mol. The molecule has 0 fully saturated rings. The molecule has 1 N–H and O–H groups in total. The summed E-state index contributed by atoms with van der Waals surface area (Å²) in [4.78, 5) is 22.5. The quantitative estimate of drug-likeness (QED) is 0.302. The minimum absolute atomic E-state index is 0.115. The highest BCUT2D eigenvalue weighted by Gasteiger charge is 2.21. The van der Waals surface area contributed by atoms with Crippen molar-refractivity contribution in [3.8, 4) is 22.9 Å². The van der Waals surface area contributed by atoms with Crippen molar-refractivity contribution in [2.75, 3.05) is 13.2 Å². The molecule has 2 aromatic carbocycles. The van der Waals surface area contributed by atoms with Gasteiger partial charge < -0.3 is 14.5 Å². The molecular formula is C25H22Cl2N2O3S.